The molecule has 0 heterocycles. The van der Waals surface area contributed by atoms with Crippen molar-refractivity contribution in [2.24, 2.45) is 10.4 Å². The molecule has 0 aliphatic rings. The van der Waals surface area contributed by atoms with Crippen LogP contribution in [0, 0.1) is 5.41 Å². The van der Waals surface area contributed by atoms with Gasteiger partial charge in [0.05, 0.1) is 0 Å². The molecular formula is C19H31N5O2. The van der Waals surface area contributed by atoms with Crippen molar-refractivity contribution in [3.8, 4) is 0 Å². The number of nitrogens with zero attached hydrogens (tertiary/aromatic N) is 2. The van der Waals surface area contributed by atoms with Gasteiger partial charge in [-0.1, -0.05) is 32.9 Å². The van der Waals surface area contributed by atoms with E-state index in [9.17, 15) is 9.59 Å². The molecule has 1 aromatic carbocycles. The molecular weight excluding hydrogens is 330 g/mol. The highest BCUT2D eigenvalue weighted by Gasteiger charge is 2.20. The first-order valence-electron chi connectivity index (χ1n) is 8.68. The van der Waals surface area contributed by atoms with Gasteiger partial charge in [-0.15, -0.1) is 0 Å². The molecule has 0 fully saturated rings. The maximum atomic E-state index is 11.9. The maximum absolute atomic E-state index is 11.9. The van der Waals surface area contributed by atoms with E-state index < -0.39 is 0 Å². The average molecular weight is 361 g/mol. The average Bonchev–Trinajstić information content (AvgIpc) is 2.59. The van der Waals surface area contributed by atoms with Crippen molar-refractivity contribution in [2.45, 2.75) is 27.3 Å². The quantitative estimate of drug-likeness (QED) is 0.404. The molecule has 0 atom stereocenters. The molecule has 0 bridgehead atoms. The number of carbonyl (C=O) groups excluding carboxylic acids is 2. The standard InChI is InChI=1S/C19H31N5O2/c1-19(2,3)17(26)21-11-12-22-18(20-4)23-13-14-7-9-15(10-8-14)16(25)24(5)6/h7-10H,11-13H2,1-6H3,(H,21,26)(H2,20,22,23). The number of benzene rings is 1. The summed E-state index contributed by atoms with van der Waals surface area (Å²) in [6.45, 7) is 7.34. The molecule has 0 spiro atoms. The van der Waals surface area contributed by atoms with Gasteiger partial charge < -0.3 is 20.9 Å². The third-order valence-electron chi connectivity index (χ3n) is 3.67. The van der Waals surface area contributed by atoms with Gasteiger partial charge >= 0.3 is 0 Å². The molecule has 0 aromatic heterocycles. The number of aliphatic imine (C=N–C) groups is 1. The van der Waals surface area contributed by atoms with Crippen LogP contribution in [0.1, 0.15) is 36.7 Å². The topological polar surface area (TPSA) is 85.8 Å². The van der Waals surface area contributed by atoms with Crippen molar-refractivity contribution >= 4 is 17.8 Å². The summed E-state index contributed by atoms with van der Waals surface area (Å²) in [6, 6.07) is 7.47. The molecule has 0 unspecified atom stereocenters. The van der Waals surface area contributed by atoms with Crippen molar-refractivity contribution in [1.82, 2.24) is 20.9 Å². The zero-order valence-electron chi connectivity index (χ0n) is 16.6. The van der Waals surface area contributed by atoms with Crippen LogP contribution in [0.15, 0.2) is 29.3 Å². The van der Waals surface area contributed by atoms with E-state index in [0.717, 1.165) is 5.56 Å². The Labute approximate surface area is 156 Å². The molecule has 7 heteroatoms. The van der Waals surface area contributed by atoms with E-state index in [1.54, 1.807) is 26.0 Å². The van der Waals surface area contributed by atoms with Crippen LogP contribution in [-0.4, -0.2) is 56.9 Å². The first-order valence-corrected chi connectivity index (χ1v) is 8.68. The number of nitrogens with one attached hydrogen (secondary N) is 3. The van der Waals surface area contributed by atoms with Gasteiger partial charge in [0.15, 0.2) is 5.96 Å². The molecule has 0 radical (unpaired) electrons. The fourth-order valence-corrected chi connectivity index (χ4v) is 2.05. The van der Waals surface area contributed by atoms with Gasteiger partial charge in [-0.05, 0) is 17.7 Å². The largest absolute Gasteiger partial charge is 0.355 e. The minimum absolute atomic E-state index is 0.0145. The second-order valence-electron chi connectivity index (χ2n) is 7.25. The number of amides is 2. The van der Waals surface area contributed by atoms with Crippen LogP contribution in [0.25, 0.3) is 0 Å². The number of carbonyl (C=O) groups is 2. The first kappa shape index (κ1) is 21.5. The van der Waals surface area contributed by atoms with Gasteiger partial charge in [-0.2, -0.15) is 0 Å². The number of hydrogen-bond acceptors (Lipinski definition) is 3. The summed E-state index contributed by atoms with van der Waals surface area (Å²) in [5, 5.41) is 9.24. The Morgan fingerprint density at radius 3 is 2.08 bits per heavy atom. The first-order chi connectivity index (χ1) is 12.1. The Kier molecular flexibility index (Phi) is 8.09. The van der Waals surface area contributed by atoms with Crippen molar-refractivity contribution in [2.75, 3.05) is 34.2 Å². The lowest BCUT2D eigenvalue weighted by Gasteiger charge is -2.18. The molecule has 144 valence electrons. The predicted molar refractivity (Wildman–Crippen MR) is 105 cm³/mol. The highest BCUT2D eigenvalue weighted by Crippen LogP contribution is 2.11. The van der Waals surface area contributed by atoms with Crippen LogP contribution in [0.4, 0.5) is 0 Å². The monoisotopic (exact) mass is 361 g/mol. The molecule has 2 amide bonds. The van der Waals surface area contributed by atoms with Crippen molar-refractivity contribution in [3.63, 3.8) is 0 Å². The van der Waals surface area contributed by atoms with E-state index in [4.69, 9.17) is 0 Å². The summed E-state index contributed by atoms with van der Waals surface area (Å²) >= 11 is 0. The van der Waals surface area contributed by atoms with E-state index in [-0.39, 0.29) is 17.2 Å². The predicted octanol–water partition coefficient (Wildman–Crippen LogP) is 1.22. The molecule has 3 N–H and O–H groups in total. The molecule has 26 heavy (non-hydrogen) atoms. The van der Waals surface area contributed by atoms with Gasteiger partial charge in [0.25, 0.3) is 5.91 Å². The number of hydrogen-bond donors (Lipinski definition) is 3. The summed E-state index contributed by atoms with van der Waals surface area (Å²) < 4.78 is 0. The summed E-state index contributed by atoms with van der Waals surface area (Å²) in [7, 11) is 5.16. The minimum atomic E-state index is -0.389. The van der Waals surface area contributed by atoms with Crippen LogP contribution in [0.5, 0.6) is 0 Å². The van der Waals surface area contributed by atoms with Gasteiger partial charge in [0, 0.05) is 51.8 Å². The summed E-state index contributed by atoms with van der Waals surface area (Å²) in [5.41, 5.74) is 1.32. The molecule has 1 rings (SSSR count). The number of guanidine groups is 1. The molecule has 1 aromatic rings. The smallest absolute Gasteiger partial charge is 0.253 e. The normalized spacial score (nSPS) is 11.7. The summed E-state index contributed by atoms with van der Waals surface area (Å²) in [4.78, 5) is 29.4. The molecule has 0 aliphatic heterocycles. The minimum Gasteiger partial charge on any atom is -0.355 e. The zero-order valence-corrected chi connectivity index (χ0v) is 16.6. The van der Waals surface area contributed by atoms with E-state index in [1.807, 2.05) is 45.0 Å². The molecule has 0 aliphatic carbocycles. The lowest BCUT2D eigenvalue weighted by Crippen LogP contribution is -2.43. The Hall–Kier alpha value is -2.57. The van der Waals surface area contributed by atoms with Crippen molar-refractivity contribution < 1.29 is 9.59 Å². The second kappa shape index (κ2) is 9.79. The Bertz CT molecular complexity index is 630. The summed E-state index contributed by atoms with van der Waals surface area (Å²) in [5.74, 6) is 0.664. The Morgan fingerprint density at radius 1 is 1.00 bits per heavy atom. The number of rotatable bonds is 6. The van der Waals surface area contributed by atoms with Crippen LogP contribution in [-0.2, 0) is 11.3 Å². The van der Waals surface area contributed by atoms with Crippen LogP contribution >= 0.6 is 0 Å². The Morgan fingerprint density at radius 2 is 1.58 bits per heavy atom. The summed E-state index contributed by atoms with van der Waals surface area (Å²) in [6.07, 6.45) is 0. The Balaban J connectivity index is 2.40. The van der Waals surface area contributed by atoms with Gasteiger partial charge in [-0.25, -0.2) is 0 Å². The lowest BCUT2D eigenvalue weighted by molar-refractivity contribution is -0.128. The second-order valence-corrected chi connectivity index (χ2v) is 7.25. The van der Waals surface area contributed by atoms with Gasteiger partial charge in [0.1, 0.15) is 0 Å². The van der Waals surface area contributed by atoms with E-state index in [0.29, 0.717) is 31.2 Å². The van der Waals surface area contributed by atoms with Crippen molar-refractivity contribution in [1.29, 1.82) is 0 Å². The SMILES string of the molecule is CN=C(NCCNC(=O)C(C)(C)C)NCc1ccc(C(=O)N(C)C)cc1. The molecule has 0 saturated carbocycles. The van der Waals surface area contributed by atoms with Crippen LogP contribution in [0.3, 0.4) is 0 Å². The maximum Gasteiger partial charge on any atom is 0.253 e. The fraction of sp³-hybridized carbons (Fsp3) is 0.526. The molecule has 0 saturated heterocycles. The zero-order chi connectivity index (χ0) is 19.7. The van der Waals surface area contributed by atoms with E-state index >= 15 is 0 Å². The van der Waals surface area contributed by atoms with Gasteiger partial charge in [0.2, 0.25) is 5.91 Å². The van der Waals surface area contributed by atoms with Crippen LogP contribution in [0.2, 0.25) is 0 Å². The van der Waals surface area contributed by atoms with E-state index in [2.05, 4.69) is 20.9 Å². The highest BCUT2D eigenvalue weighted by molar-refractivity contribution is 5.93. The van der Waals surface area contributed by atoms with Gasteiger partial charge in [-0.3, -0.25) is 14.6 Å². The fourth-order valence-electron chi connectivity index (χ4n) is 2.05. The van der Waals surface area contributed by atoms with E-state index in [1.165, 1.54) is 0 Å². The third-order valence-corrected chi connectivity index (χ3v) is 3.67. The van der Waals surface area contributed by atoms with Crippen molar-refractivity contribution in [3.05, 3.63) is 35.4 Å². The van der Waals surface area contributed by atoms with Crippen LogP contribution < -0.4 is 16.0 Å². The third kappa shape index (κ3) is 7.13. The highest BCUT2D eigenvalue weighted by atomic mass is 16.2. The molecule has 7 nitrogen and oxygen atoms in total. The lowest BCUT2D eigenvalue weighted by atomic mass is 9.96.